The van der Waals surface area contributed by atoms with E-state index in [-0.39, 0.29) is 0 Å². The Morgan fingerprint density at radius 2 is 2.36 bits per heavy atom. The number of nitrogens with two attached hydrogens (primary N) is 1. The molecule has 0 radical (unpaired) electrons. The van der Waals surface area contributed by atoms with Crippen LogP contribution in [0.3, 0.4) is 0 Å². The molecule has 0 aromatic carbocycles. The highest BCUT2D eigenvalue weighted by molar-refractivity contribution is 5.17. The Kier molecular flexibility index (Phi) is 2.89. The molecule has 14 heavy (non-hydrogen) atoms. The normalized spacial score (nSPS) is 16.5. The number of hydrogen-bond donors (Lipinski definition) is 1. The van der Waals surface area contributed by atoms with Gasteiger partial charge >= 0.3 is 0 Å². The molecular formula is C11H18N2O. The molecule has 1 aliphatic rings. The first kappa shape index (κ1) is 9.74. The standard InChI is InChI=1S/C11H18N2O/c1-2-13(10-3-4-10)8-9-5-6-14-11(9)7-12/h5-6,10H,2-4,7-8,12H2,1H3. The summed E-state index contributed by atoms with van der Waals surface area (Å²) in [6.45, 7) is 4.81. The van der Waals surface area contributed by atoms with Crippen LogP contribution >= 0.6 is 0 Å². The molecule has 0 amide bonds. The molecule has 1 heterocycles. The average Bonchev–Trinajstić information content (AvgIpc) is 2.95. The number of furan rings is 1. The Bertz CT molecular complexity index is 291. The maximum absolute atomic E-state index is 5.59. The largest absolute Gasteiger partial charge is 0.468 e. The molecule has 3 nitrogen and oxygen atoms in total. The van der Waals surface area contributed by atoms with E-state index in [2.05, 4.69) is 11.8 Å². The molecule has 0 atom stereocenters. The fourth-order valence-electron chi connectivity index (χ4n) is 1.84. The predicted molar refractivity (Wildman–Crippen MR) is 55.7 cm³/mol. The summed E-state index contributed by atoms with van der Waals surface area (Å²) in [4.78, 5) is 2.49. The van der Waals surface area contributed by atoms with Gasteiger partial charge in [-0.15, -0.1) is 0 Å². The van der Waals surface area contributed by atoms with Crippen LogP contribution in [0.2, 0.25) is 0 Å². The Morgan fingerprint density at radius 1 is 1.57 bits per heavy atom. The molecule has 0 aliphatic heterocycles. The monoisotopic (exact) mass is 194 g/mol. The maximum Gasteiger partial charge on any atom is 0.121 e. The highest BCUT2D eigenvalue weighted by Crippen LogP contribution is 2.28. The first-order valence-corrected chi connectivity index (χ1v) is 5.34. The Morgan fingerprint density at radius 3 is 2.93 bits per heavy atom. The van der Waals surface area contributed by atoms with Crippen molar-refractivity contribution >= 4 is 0 Å². The smallest absolute Gasteiger partial charge is 0.121 e. The summed E-state index contributed by atoms with van der Waals surface area (Å²) in [6.07, 6.45) is 4.44. The van der Waals surface area contributed by atoms with E-state index in [0.29, 0.717) is 6.54 Å². The Hall–Kier alpha value is -0.800. The molecule has 1 saturated carbocycles. The second-order valence-electron chi connectivity index (χ2n) is 3.87. The van der Waals surface area contributed by atoms with Gasteiger partial charge in [-0.1, -0.05) is 6.92 Å². The summed E-state index contributed by atoms with van der Waals surface area (Å²) in [5, 5.41) is 0. The van der Waals surface area contributed by atoms with Gasteiger partial charge in [-0.05, 0) is 25.5 Å². The molecule has 0 saturated heterocycles. The van der Waals surface area contributed by atoms with Crippen LogP contribution in [0, 0.1) is 0 Å². The van der Waals surface area contributed by atoms with E-state index in [9.17, 15) is 0 Å². The van der Waals surface area contributed by atoms with Crippen LogP contribution in [0.4, 0.5) is 0 Å². The molecule has 0 spiro atoms. The van der Waals surface area contributed by atoms with Gasteiger partial charge in [-0.2, -0.15) is 0 Å². The average molecular weight is 194 g/mol. The predicted octanol–water partition coefficient (Wildman–Crippen LogP) is 1.72. The van der Waals surface area contributed by atoms with E-state index >= 15 is 0 Å². The summed E-state index contributed by atoms with van der Waals surface area (Å²) >= 11 is 0. The lowest BCUT2D eigenvalue weighted by Crippen LogP contribution is -2.25. The lowest BCUT2D eigenvalue weighted by atomic mass is 10.2. The van der Waals surface area contributed by atoms with Crippen LogP contribution in [-0.4, -0.2) is 17.5 Å². The molecule has 2 rings (SSSR count). The van der Waals surface area contributed by atoms with Crippen molar-refractivity contribution in [2.45, 2.75) is 38.9 Å². The summed E-state index contributed by atoms with van der Waals surface area (Å²) in [7, 11) is 0. The summed E-state index contributed by atoms with van der Waals surface area (Å²) in [5.74, 6) is 0.934. The molecule has 0 bridgehead atoms. The third-order valence-corrected chi connectivity index (χ3v) is 2.87. The quantitative estimate of drug-likeness (QED) is 0.776. The zero-order valence-corrected chi connectivity index (χ0v) is 8.70. The molecule has 1 aromatic rings. The van der Waals surface area contributed by atoms with E-state index in [4.69, 9.17) is 10.2 Å². The van der Waals surface area contributed by atoms with Gasteiger partial charge in [0.25, 0.3) is 0 Å². The van der Waals surface area contributed by atoms with Gasteiger partial charge in [0, 0.05) is 18.2 Å². The molecule has 1 fully saturated rings. The number of nitrogens with zero attached hydrogens (tertiary/aromatic N) is 1. The van der Waals surface area contributed by atoms with Crippen molar-refractivity contribution in [3.63, 3.8) is 0 Å². The topological polar surface area (TPSA) is 42.4 Å². The number of rotatable bonds is 5. The van der Waals surface area contributed by atoms with E-state index < -0.39 is 0 Å². The Labute approximate surface area is 84.9 Å². The van der Waals surface area contributed by atoms with E-state index in [0.717, 1.165) is 24.9 Å². The van der Waals surface area contributed by atoms with Crippen molar-refractivity contribution in [2.24, 2.45) is 5.73 Å². The maximum atomic E-state index is 5.59. The Balaban J connectivity index is 2.00. The van der Waals surface area contributed by atoms with Crippen molar-refractivity contribution in [3.8, 4) is 0 Å². The summed E-state index contributed by atoms with van der Waals surface area (Å²) in [5.41, 5.74) is 6.84. The zero-order valence-electron chi connectivity index (χ0n) is 8.70. The van der Waals surface area contributed by atoms with Gasteiger partial charge in [0.1, 0.15) is 5.76 Å². The highest BCUT2D eigenvalue weighted by atomic mass is 16.3. The minimum atomic E-state index is 0.505. The fraction of sp³-hybridized carbons (Fsp3) is 0.636. The van der Waals surface area contributed by atoms with Crippen molar-refractivity contribution in [2.75, 3.05) is 6.54 Å². The van der Waals surface area contributed by atoms with Gasteiger partial charge in [0.2, 0.25) is 0 Å². The first-order chi connectivity index (χ1) is 6.85. The highest BCUT2D eigenvalue weighted by Gasteiger charge is 2.28. The van der Waals surface area contributed by atoms with E-state index in [1.54, 1.807) is 6.26 Å². The second kappa shape index (κ2) is 4.15. The second-order valence-corrected chi connectivity index (χ2v) is 3.87. The van der Waals surface area contributed by atoms with Gasteiger partial charge in [-0.3, -0.25) is 4.90 Å². The molecule has 1 aliphatic carbocycles. The lowest BCUT2D eigenvalue weighted by molar-refractivity contribution is 0.267. The first-order valence-electron chi connectivity index (χ1n) is 5.34. The van der Waals surface area contributed by atoms with Crippen LogP contribution in [0.25, 0.3) is 0 Å². The lowest BCUT2D eigenvalue weighted by Gasteiger charge is -2.19. The van der Waals surface area contributed by atoms with Crippen molar-refractivity contribution in [1.29, 1.82) is 0 Å². The van der Waals surface area contributed by atoms with Crippen LogP contribution in [0.1, 0.15) is 31.1 Å². The van der Waals surface area contributed by atoms with Crippen LogP contribution in [0.15, 0.2) is 16.7 Å². The molecule has 2 N–H and O–H groups in total. The fourth-order valence-corrected chi connectivity index (χ4v) is 1.84. The molecular weight excluding hydrogens is 176 g/mol. The van der Waals surface area contributed by atoms with Crippen LogP contribution < -0.4 is 5.73 Å². The SMILES string of the molecule is CCN(Cc1ccoc1CN)C1CC1. The van der Waals surface area contributed by atoms with E-state index in [1.165, 1.54) is 18.4 Å². The van der Waals surface area contributed by atoms with Gasteiger partial charge in [0.05, 0.1) is 12.8 Å². The third kappa shape index (κ3) is 1.99. The third-order valence-electron chi connectivity index (χ3n) is 2.87. The molecule has 3 heteroatoms. The minimum Gasteiger partial charge on any atom is -0.468 e. The molecule has 0 unspecified atom stereocenters. The van der Waals surface area contributed by atoms with Gasteiger partial charge < -0.3 is 10.2 Å². The van der Waals surface area contributed by atoms with Crippen molar-refractivity contribution in [1.82, 2.24) is 4.90 Å². The van der Waals surface area contributed by atoms with Crippen LogP contribution in [-0.2, 0) is 13.1 Å². The van der Waals surface area contributed by atoms with E-state index in [1.807, 2.05) is 6.07 Å². The zero-order chi connectivity index (χ0) is 9.97. The van der Waals surface area contributed by atoms with Gasteiger partial charge in [-0.25, -0.2) is 0 Å². The molecule has 1 aromatic heterocycles. The summed E-state index contributed by atoms with van der Waals surface area (Å²) in [6, 6.07) is 2.84. The minimum absolute atomic E-state index is 0.505. The van der Waals surface area contributed by atoms with Crippen molar-refractivity contribution in [3.05, 3.63) is 23.7 Å². The summed E-state index contributed by atoms with van der Waals surface area (Å²) < 4.78 is 5.31. The van der Waals surface area contributed by atoms with Gasteiger partial charge in [0.15, 0.2) is 0 Å². The van der Waals surface area contributed by atoms with Crippen LogP contribution in [0.5, 0.6) is 0 Å². The molecule has 78 valence electrons. The number of hydrogen-bond acceptors (Lipinski definition) is 3. The van der Waals surface area contributed by atoms with Crippen molar-refractivity contribution < 1.29 is 4.42 Å².